The average molecular weight is 171 g/mol. The molecule has 1 aromatic heterocycles. The summed E-state index contributed by atoms with van der Waals surface area (Å²) in [5.41, 5.74) is 0. The second-order valence-electron chi connectivity index (χ2n) is 1.08. The van der Waals surface area contributed by atoms with Crippen molar-refractivity contribution in [3.8, 4) is 0 Å². The molecule has 0 aromatic carbocycles. The molecule has 0 spiro atoms. The molecule has 0 aliphatic heterocycles. The fourth-order valence-electron chi connectivity index (χ4n) is 0.313. The molecule has 34 valence electrons. The maximum absolute atomic E-state index is 4.85. The van der Waals surface area contributed by atoms with E-state index in [0.717, 1.165) is 3.89 Å². The summed E-state index contributed by atoms with van der Waals surface area (Å²) in [6.45, 7) is 0. The van der Waals surface area contributed by atoms with Crippen molar-refractivity contribution in [1.29, 1.82) is 0 Å². The fraction of sp³-hybridized carbons (Fsp3) is 0. The Morgan fingerprint density at radius 3 is 2.43 bits per heavy atom. The summed E-state index contributed by atoms with van der Waals surface area (Å²) in [5, 5.41) is 0. The molecular formula is C4H3BrMgO. The number of halogens is 1. The Morgan fingerprint density at radius 2 is 2.29 bits per heavy atom. The second-order valence-corrected chi connectivity index (χ2v) is 1.78. The van der Waals surface area contributed by atoms with E-state index in [1.807, 2.05) is 12.1 Å². The van der Waals surface area contributed by atoms with Crippen molar-refractivity contribution in [3.63, 3.8) is 0 Å². The first kappa shape index (κ1) is 7.53. The number of hydrogen-bond donors (Lipinski definition) is 0. The van der Waals surface area contributed by atoms with E-state index in [2.05, 4.69) is 0 Å². The molecule has 0 amide bonds. The van der Waals surface area contributed by atoms with Gasteiger partial charge in [0.05, 0.1) is 0 Å². The Hall–Kier alpha value is 0.526. The molecule has 7 heavy (non-hydrogen) atoms. The van der Waals surface area contributed by atoms with Crippen LogP contribution in [0, 0.1) is 0 Å². The van der Waals surface area contributed by atoms with Crippen LogP contribution in [0.4, 0.5) is 0 Å². The predicted octanol–water partition coefficient (Wildman–Crippen LogP) is -2.92. The summed E-state index contributed by atoms with van der Waals surface area (Å²) in [6.07, 6.45) is 1.67. The zero-order valence-corrected chi connectivity index (χ0v) is 6.73. The quantitative estimate of drug-likeness (QED) is 0.381. The Labute approximate surface area is 65.3 Å². The SMILES string of the molecule is [Br-].[Mg+][c]1ccco1. The number of furan rings is 1. The molecule has 1 rings (SSSR count). The zero-order chi connectivity index (χ0) is 4.41. The van der Waals surface area contributed by atoms with Gasteiger partial charge in [-0.05, 0) is 0 Å². The molecule has 1 heterocycles. The van der Waals surface area contributed by atoms with Gasteiger partial charge in [-0.2, -0.15) is 0 Å². The van der Waals surface area contributed by atoms with Crippen molar-refractivity contribution in [2.45, 2.75) is 0 Å². The van der Waals surface area contributed by atoms with Crippen molar-refractivity contribution in [2.24, 2.45) is 0 Å². The van der Waals surface area contributed by atoms with Crippen molar-refractivity contribution in [2.75, 3.05) is 0 Å². The molecule has 0 atom stereocenters. The minimum atomic E-state index is 0. The summed E-state index contributed by atoms with van der Waals surface area (Å²) < 4.78 is 5.84. The van der Waals surface area contributed by atoms with Gasteiger partial charge >= 0.3 is 48.4 Å². The van der Waals surface area contributed by atoms with Gasteiger partial charge in [0.25, 0.3) is 0 Å². The summed E-state index contributed by atoms with van der Waals surface area (Å²) in [5.74, 6) is 0. The van der Waals surface area contributed by atoms with E-state index in [4.69, 9.17) is 4.42 Å². The monoisotopic (exact) mass is 170 g/mol. The summed E-state index contributed by atoms with van der Waals surface area (Å²) in [4.78, 5) is 0. The average Bonchev–Trinajstić information content (AvgIpc) is 1.86. The topological polar surface area (TPSA) is 13.1 Å². The molecule has 0 unspecified atom stereocenters. The first-order chi connectivity index (χ1) is 2.89. The van der Waals surface area contributed by atoms with Crippen LogP contribution in [0.15, 0.2) is 22.8 Å². The molecule has 0 saturated carbocycles. The van der Waals surface area contributed by atoms with Crippen LogP contribution in [-0.4, -0.2) is 21.7 Å². The standard InChI is InChI=1S/C4H3O.BrH.Mg/c1-2-4-5-3-1;;/h1-3H;1H;/q;;+1/p-1. The van der Waals surface area contributed by atoms with Crippen LogP contribution in [0.1, 0.15) is 0 Å². The van der Waals surface area contributed by atoms with E-state index in [9.17, 15) is 0 Å². The van der Waals surface area contributed by atoms with Gasteiger partial charge in [0.2, 0.25) is 0 Å². The summed E-state index contributed by atoms with van der Waals surface area (Å²) in [6, 6.07) is 3.81. The molecule has 0 fully saturated rings. The molecule has 0 N–H and O–H groups in total. The van der Waals surface area contributed by atoms with Gasteiger partial charge in [0, 0.05) is 0 Å². The third-order valence-electron chi connectivity index (χ3n) is 0.580. The van der Waals surface area contributed by atoms with E-state index in [-0.39, 0.29) is 17.0 Å². The van der Waals surface area contributed by atoms with Crippen molar-refractivity contribution in [1.82, 2.24) is 0 Å². The summed E-state index contributed by atoms with van der Waals surface area (Å²) >= 11 is 1.74. The van der Waals surface area contributed by atoms with Gasteiger partial charge < -0.3 is 17.0 Å². The van der Waals surface area contributed by atoms with Crippen LogP contribution in [0.25, 0.3) is 0 Å². The second kappa shape index (κ2) is 3.52. The molecule has 3 heteroatoms. The molecule has 0 radical (unpaired) electrons. The minimum absolute atomic E-state index is 0. The molecular weight excluding hydrogens is 168 g/mol. The van der Waals surface area contributed by atoms with E-state index in [0.29, 0.717) is 0 Å². The van der Waals surface area contributed by atoms with E-state index < -0.39 is 0 Å². The molecule has 0 bridgehead atoms. The summed E-state index contributed by atoms with van der Waals surface area (Å²) in [7, 11) is 0. The Bertz CT molecular complexity index is 115. The number of hydrogen-bond acceptors (Lipinski definition) is 1. The van der Waals surface area contributed by atoms with Gasteiger partial charge in [-0.15, -0.1) is 0 Å². The normalized spacial score (nSPS) is 7.71. The molecule has 0 aliphatic rings. The molecule has 1 aromatic rings. The van der Waals surface area contributed by atoms with Gasteiger partial charge in [-0.25, -0.2) is 0 Å². The van der Waals surface area contributed by atoms with Gasteiger partial charge in [-0.1, -0.05) is 0 Å². The third-order valence-corrected chi connectivity index (χ3v) is 0.982. The Balaban J connectivity index is 0.000000360. The first-order valence-electron chi connectivity index (χ1n) is 1.75. The van der Waals surface area contributed by atoms with Crippen LogP contribution in [0.5, 0.6) is 0 Å². The van der Waals surface area contributed by atoms with Crippen LogP contribution < -0.4 is 20.9 Å². The zero-order valence-electron chi connectivity index (χ0n) is 3.73. The van der Waals surface area contributed by atoms with Crippen molar-refractivity contribution in [3.05, 3.63) is 18.4 Å². The molecule has 1 nitrogen and oxygen atoms in total. The molecule has 0 saturated heterocycles. The van der Waals surface area contributed by atoms with Crippen molar-refractivity contribution < 1.29 is 21.4 Å². The van der Waals surface area contributed by atoms with E-state index in [1.54, 1.807) is 28.0 Å². The van der Waals surface area contributed by atoms with Gasteiger partial charge in [0.15, 0.2) is 0 Å². The Kier molecular flexibility index (Phi) is 3.78. The van der Waals surface area contributed by atoms with Gasteiger partial charge in [-0.3, -0.25) is 0 Å². The third kappa shape index (κ3) is 2.36. The first-order valence-corrected chi connectivity index (χ1v) is 2.46. The van der Waals surface area contributed by atoms with Crippen LogP contribution >= 0.6 is 0 Å². The van der Waals surface area contributed by atoms with Gasteiger partial charge in [0.1, 0.15) is 0 Å². The van der Waals surface area contributed by atoms with E-state index in [1.165, 1.54) is 0 Å². The Morgan fingerprint density at radius 1 is 1.57 bits per heavy atom. The number of rotatable bonds is 0. The van der Waals surface area contributed by atoms with Crippen molar-refractivity contribution >= 4 is 25.6 Å². The van der Waals surface area contributed by atoms with Crippen LogP contribution in [-0.2, 0) is 0 Å². The predicted molar refractivity (Wildman–Crippen MR) is 24.1 cm³/mol. The van der Waals surface area contributed by atoms with E-state index >= 15 is 0 Å². The molecule has 0 aliphatic carbocycles. The van der Waals surface area contributed by atoms with Crippen LogP contribution in [0.2, 0.25) is 0 Å². The maximum atomic E-state index is 4.85. The fourth-order valence-corrected chi connectivity index (χ4v) is 0.545. The van der Waals surface area contributed by atoms with Crippen LogP contribution in [0.3, 0.4) is 0 Å².